The molecule has 0 amide bonds. The molecule has 1 aromatic carbocycles. The summed E-state index contributed by atoms with van der Waals surface area (Å²) in [5, 5.41) is 11.6. The van der Waals surface area contributed by atoms with Gasteiger partial charge in [-0.25, -0.2) is 4.98 Å². The zero-order valence-corrected chi connectivity index (χ0v) is 8.93. The molecular formula is C11H12NOS. The average molecular weight is 206 g/mol. The predicted octanol–water partition coefficient (Wildman–Crippen LogP) is 3.78. The van der Waals surface area contributed by atoms with E-state index in [1.165, 1.54) is 0 Å². The Kier molecular flexibility index (Phi) is 2.68. The number of aryl methyl sites for hydroxylation is 1. The van der Waals surface area contributed by atoms with Gasteiger partial charge in [-0.2, -0.15) is 0 Å². The molecule has 2 aromatic rings. The fourth-order valence-electron chi connectivity index (χ4n) is 1.56. The molecule has 0 unspecified atom stereocenters. The first-order valence-electron chi connectivity index (χ1n) is 4.85. The van der Waals surface area contributed by atoms with Crippen molar-refractivity contribution < 1.29 is 5.11 Å². The van der Waals surface area contributed by atoms with Crippen LogP contribution in [0.2, 0.25) is 0 Å². The van der Waals surface area contributed by atoms with Gasteiger partial charge in [0.15, 0.2) is 5.75 Å². The van der Waals surface area contributed by atoms with E-state index >= 15 is 0 Å². The van der Waals surface area contributed by atoms with Gasteiger partial charge in [0.1, 0.15) is 0 Å². The number of fused-ring (bicyclic) bond motifs is 1. The largest absolute Gasteiger partial charge is 0.290 e. The van der Waals surface area contributed by atoms with Crippen LogP contribution in [0.3, 0.4) is 0 Å². The van der Waals surface area contributed by atoms with Crippen LogP contribution < -0.4 is 0 Å². The number of benzene rings is 1. The topological polar surface area (TPSA) is 32.8 Å². The second-order valence-electron chi connectivity index (χ2n) is 3.34. The second-order valence-corrected chi connectivity index (χ2v) is 4.23. The maximum Gasteiger partial charge on any atom is 0.184 e. The van der Waals surface area contributed by atoms with Gasteiger partial charge < -0.3 is 0 Å². The van der Waals surface area contributed by atoms with E-state index in [0.29, 0.717) is 0 Å². The Labute approximate surface area is 87.2 Å². The highest BCUT2D eigenvalue weighted by Gasteiger charge is 2.09. The van der Waals surface area contributed by atoms with Gasteiger partial charge in [-0.05, 0) is 25.0 Å². The standard InChI is InChI=1S/C11H12NOS/c1-2-3-4-8-9(13)5-6-10-11(8)12-7-14-10/h5-7H,2-4H2,1H3. The van der Waals surface area contributed by atoms with E-state index < -0.39 is 0 Å². The van der Waals surface area contributed by atoms with Crippen LogP contribution in [0.15, 0.2) is 17.6 Å². The van der Waals surface area contributed by atoms with Gasteiger partial charge in [-0.15, -0.1) is 11.3 Å². The molecule has 1 radical (unpaired) electrons. The minimum atomic E-state index is 0.136. The van der Waals surface area contributed by atoms with Crippen LogP contribution in [0.4, 0.5) is 0 Å². The first kappa shape index (κ1) is 9.46. The lowest BCUT2D eigenvalue weighted by Crippen LogP contribution is -1.87. The molecule has 0 spiro atoms. The number of hydrogen-bond donors (Lipinski definition) is 0. The molecule has 0 saturated carbocycles. The average Bonchev–Trinajstić information content (AvgIpc) is 2.64. The zero-order chi connectivity index (χ0) is 9.97. The molecule has 1 heterocycles. The van der Waals surface area contributed by atoms with Gasteiger partial charge in [-0.3, -0.25) is 5.11 Å². The first-order chi connectivity index (χ1) is 6.83. The van der Waals surface area contributed by atoms with Crippen molar-refractivity contribution in [2.45, 2.75) is 26.2 Å². The SMILES string of the molecule is CCCCc1c([O])ccc2scnc12. The molecule has 0 atom stereocenters. The molecular weight excluding hydrogens is 194 g/mol. The molecule has 3 heteroatoms. The lowest BCUT2D eigenvalue weighted by atomic mass is 10.1. The van der Waals surface area contributed by atoms with Crippen molar-refractivity contribution in [3.05, 3.63) is 23.2 Å². The molecule has 2 rings (SSSR count). The monoisotopic (exact) mass is 206 g/mol. The number of nitrogens with zero attached hydrogens (tertiary/aromatic N) is 1. The highest BCUT2D eigenvalue weighted by atomic mass is 32.1. The van der Waals surface area contributed by atoms with E-state index in [-0.39, 0.29) is 5.75 Å². The molecule has 0 aliphatic heterocycles. The number of hydrogen-bond acceptors (Lipinski definition) is 2. The Balaban J connectivity index is 2.47. The van der Waals surface area contributed by atoms with E-state index in [1.54, 1.807) is 22.9 Å². The zero-order valence-electron chi connectivity index (χ0n) is 8.12. The van der Waals surface area contributed by atoms with Crippen molar-refractivity contribution in [3.63, 3.8) is 0 Å². The van der Waals surface area contributed by atoms with Gasteiger partial charge in [0.2, 0.25) is 0 Å². The van der Waals surface area contributed by atoms with E-state index in [9.17, 15) is 5.11 Å². The maximum absolute atomic E-state index is 11.6. The highest BCUT2D eigenvalue weighted by molar-refractivity contribution is 7.16. The summed E-state index contributed by atoms with van der Waals surface area (Å²) in [6.07, 6.45) is 3.03. The quantitative estimate of drug-likeness (QED) is 0.752. The van der Waals surface area contributed by atoms with Crippen molar-refractivity contribution in [1.82, 2.24) is 4.98 Å². The minimum absolute atomic E-state index is 0.136. The summed E-state index contributed by atoms with van der Waals surface area (Å²) in [6, 6.07) is 3.52. The summed E-state index contributed by atoms with van der Waals surface area (Å²) in [5.74, 6) is 0.136. The summed E-state index contributed by atoms with van der Waals surface area (Å²) in [7, 11) is 0. The molecule has 0 aliphatic rings. The molecule has 0 saturated heterocycles. The Morgan fingerprint density at radius 2 is 2.29 bits per heavy atom. The van der Waals surface area contributed by atoms with E-state index in [2.05, 4.69) is 11.9 Å². The van der Waals surface area contributed by atoms with Gasteiger partial charge in [-0.1, -0.05) is 13.3 Å². The van der Waals surface area contributed by atoms with Crippen molar-refractivity contribution in [2.24, 2.45) is 0 Å². The number of rotatable bonds is 3. The maximum atomic E-state index is 11.6. The fraction of sp³-hybridized carbons (Fsp3) is 0.364. The van der Waals surface area contributed by atoms with E-state index in [0.717, 1.165) is 35.0 Å². The molecule has 0 aliphatic carbocycles. The summed E-state index contributed by atoms with van der Waals surface area (Å²) >= 11 is 1.59. The van der Waals surface area contributed by atoms with Crippen LogP contribution in [0, 0.1) is 0 Å². The fourth-order valence-corrected chi connectivity index (χ4v) is 2.27. The molecule has 14 heavy (non-hydrogen) atoms. The third kappa shape index (κ3) is 1.60. The highest BCUT2D eigenvalue weighted by Crippen LogP contribution is 2.30. The second kappa shape index (κ2) is 3.96. The lowest BCUT2D eigenvalue weighted by molar-refractivity contribution is 0.350. The van der Waals surface area contributed by atoms with Gasteiger partial charge in [0, 0.05) is 5.56 Å². The smallest absolute Gasteiger partial charge is 0.184 e. The van der Waals surface area contributed by atoms with Crippen molar-refractivity contribution >= 4 is 21.6 Å². The van der Waals surface area contributed by atoms with Crippen LogP contribution in [0.25, 0.3) is 10.2 Å². The van der Waals surface area contributed by atoms with Crippen molar-refractivity contribution in [3.8, 4) is 5.75 Å². The van der Waals surface area contributed by atoms with Gasteiger partial charge in [0.25, 0.3) is 0 Å². The van der Waals surface area contributed by atoms with Gasteiger partial charge in [0.05, 0.1) is 15.7 Å². The molecule has 0 fully saturated rings. The third-order valence-electron chi connectivity index (χ3n) is 2.34. The van der Waals surface area contributed by atoms with Gasteiger partial charge >= 0.3 is 0 Å². The third-order valence-corrected chi connectivity index (χ3v) is 3.14. The summed E-state index contributed by atoms with van der Waals surface area (Å²) < 4.78 is 1.12. The Hall–Kier alpha value is -1.09. The normalized spacial score (nSPS) is 10.9. The Morgan fingerprint density at radius 1 is 1.43 bits per heavy atom. The molecule has 73 valence electrons. The van der Waals surface area contributed by atoms with Crippen LogP contribution in [-0.2, 0) is 11.5 Å². The molecule has 2 nitrogen and oxygen atoms in total. The molecule has 1 aromatic heterocycles. The van der Waals surface area contributed by atoms with Crippen molar-refractivity contribution in [1.29, 1.82) is 0 Å². The van der Waals surface area contributed by atoms with Crippen LogP contribution in [0.1, 0.15) is 25.3 Å². The Bertz CT molecular complexity index is 436. The van der Waals surface area contributed by atoms with Crippen LogP contribution in [0.5, 0.6) is 5.75 Å². The van der Waals surface area contributed by atoms with Crippen molar-refractivity contribution in [2.75, 3.05) is 0 Å². The number of aromatic nitrogens is 1. The predicted molar refractivity (Wildman–Crippen MR) is 58.4 cm³/mol. The van der Waals surface area contributed by atoms with Crippen LogP contribution >= 0.6 is 11.3 Å². The summed E-state index contributed by atoms with van der Waals surface area (Å²) in [4.78, 5) is 4.25. The first-order valence-corrected chi connectivity index (χ1v) is 5.73. The van der Waals surface area contributed by atoms with E-state index in [4.69, 9.17) is 0 Å². The number of thiazole rings is 1. The minimum Gasteiger partial charge on any atom is -0.290 e. The number of unbranched alkanes of at least 4 members (excludes halogenated alkanes) is 1. The molecule has 0 N–H and O–H groups in total. The Morgan fingerprint density at radius 3 is 3.07 bits per heavy atom. The van der Waals surface area contributed by atoms with E-state index in [1.807, 2.05) is 6.07 Å². The molecule has 0 bridgehead atoms. The lowest BCUT2D eigenvalue weighted by Gasteiger charge is -2.01. The van der Waals surface area contributed by atoms with Crippen LogP contribution in [-0.4, -0.2) is 4.98 Å². The summed E-state index contributed by atoms with van der Waals surface area (Å²) in [6.45, 7) is 2.13. The summed E-state index contributed by atoms with van der Waals surface area (Å²) in [5.41, 5.74) is 3.61.